The van der Waals surface area contributed by atoms with E-state index < -0.39 is 0 Å². The van der Waals surface area contributed by atoms with Crippen LogP contribution in [0.5, 0.6) is 0 Å². The van der Waals surface area contributed by atoms with Crippen molar-refractivity contribution in [1.82, 2.24) is 9.97 Å². The molecule has 3 aromatic carbocycles. The van der Waals surface area contributed by atoms with Crippen LogP contribution in [0.1, 0.15) is 5.56 Å². The number of halogens is 2. The molecule has 0 aliphatic rings. The number of aromatic nitrogens is 2. The number of hydrogen-bond donors (Lipinski definition) is 1. The van der Waals surface area contributed by atoms with Gasteiger partial charge in [-0.3, -0.25) is 0 Å². The smallest absolute Gasteiger partial charge is 0.162 e. The van der Waals surface area contributed by atoms with Crippen molar-refractivity contribution in [2.24, 2.45) is 0 Å². The Morgan fingerprint density at radius 1 is 0.885 bits per heavy atom. The van der Waals surface area contributed by atoms with Crippen LogP contribution in [-0.2, 0) is 6.54 Å². The van der Waals surface area contributed by atoms with Crippen molar-refractivity contribution < 1.29 is 0 Å². The lowest BCUT2D eigenvalue weighted by atomic mass is 10.1. The van der Waals surface area contributed by atoms with Gasteiger partial charge in [-0.1, -0.05) is 70.0 Å². The summed E-state index contributed by atoms with van der Waals surface area (Å²) in [6.45, 7) is 0.680. The van der Waals surface area contributed by atoms with Crippen molar-refractivity contribution >= 4 is 44.3 Å². The van der Waals surface area contributed by atoms with E-state index in [1.807, 2.05) is 60.7 Å². The number of benzene rings is 3. The first-order valence-corrected chi connectivity index (χ1v) is 9.37. The third kappa shape index (κ3) is 3.71. The van der Waals surface area contributed by atoms with Crippen molar-refractivity contribution in [2.75, 3.05) is 5.32 Å². The molecule has 0 aliphatic heterocycles. The maximum absolute atomic E-state index is 6.19. The quantitative estimate of drug-likeness (QED) is 0.416. The molecule has 4 aromatic rings. The molecule has 0 saturated carbocycles. The molecule has 1 heterocycles. The Morgan fingerprint density at radius 2 is 1.65 bits per heavy atom. The number of hydrogen-bond acceptors (Lipinski definition) is 3. The minimum atomic E-state index is 0.667. The van der Waals surface area contributed by atoms with E-state index in [1.165, 1.54) is 5.56 Å². The summed E-state index contributed by atoms with van der Waals surface area (Å²) in [5.41, 5.74) is 3.01. The SMILES string of the molecule is Clc1ccc2nc(-c3ccc(Br)cc3)nc(NCc3ccccc3)c2c1. The number of anilines is 1. The number of nitrogens with zero attached hydrogens (tertiary/aromatic N) is 2. The van der Waals surface area contributed by atoms with E-state index in [0.717, 1.165) is 26.8 Å². The molecule has 0 bridgehead atoms. The molecule has 1 aromatic heterocycles. The second-order valence-corrected chi connectivity index (χ2v) is 7.26. The maximum Gasteiger partial charge on any atom is 0.162 e. The molecule has 3 nitrogen and oxygen atoms in total. The highest BCUT2D eigenvalue weighted by atomic mass is 79.9. The standard InChI is InChI=1S/C21H15BrClN3/c22-16-8-6-15(7-9-16)20-25-19-11-10-17(23)12-18(19)21(26-20)24-13-14-4-2-1-3-5-14/h1-12H,13H2,(H,24,25,26). The van der Waals surface area contributed by atoms with E-state index in [0.29, 0.717) is 17.4 Å². The van der Waals surface area contributed by atoms with Crippen LogP contribution in [0.25, 0.3) is 22.3 Å². The van der Waals surface area contributed by atoms with E-state index in [4.69, 9.17) is 21.6 Å². The van der Waals surface area contributed by atoms with Crippen LogP contribution in [0.3, 0.4) is 0 Å². The topological polar surface area (TPSA) is 37.8 Å². The van der Waals surface area contributed by atoms with Gasteiger partial charge < -0.3 is 5.32 Å². The monoisotopic (exact) mass is 423 g/mol. The summed E-state index contributed by atoms with van der Waals surface area (Å²) in [7, 11) is 0. The third-order valence-electron chi connectivity index (χ3n) is 4.06. The van der Waals surface area contributed by atoms with Crippen LogP contribution in [0, 0.1) is 0 Å². The summed E-state index contributed by atoms with van der Waals surface area (Å²) >= 11 is 9.66. The highest BCUT2D eigenvalue weighted by Gasteiger charge is 2.10. The van der Waals surface area contributed by atoms with E-state index >= 15 is 0 Å². The van der Waals surface area contributed by atoms with Gasteiger partial charge in [0.25, 0.3) is 0 Å². The van der Waals surface area contributed by atoms with Gasteiger partial charge >= 0.3 is 0 Å². The van der Waals surface area contributed by atoms with Crippen molar-refractivity contribution in [1.29, 1.82) is 0 Å². The average molecular weight is 425 g/mol. The Hall–Kier alpha value is -2.43. The van der Waals surface area contributed by atoms with E-state index in [9.17, 15) is 0 Å². The summed E-state index contributed by atoms with van der Waals surface area (Å²) in [6, 6.07) is 23.9. The molecule has 0 amide bonds. The van der Waals surface area contributed by atoms with Gasteiger partial charge in [-0.05, 0) is 35.9 Å². The lowest BCUT2D eigenvalue weighted by molar-refractivity contribution is 1.11. The molecule has 0 aliphatic carbocycles. The van der Waals surface area contributed by atoms with Crippen LogP contribution < -0.4 is 5.32 Å². The predicted molar refractivity (Wildman–Crippen MR) is 111 cm³/mol. The minimum Gasteiger partial charge on any atom is -0.365 e. The van der Waals surface area contributed by atoms with Crippen LogP contribution >= 0.6 is 27.5 Å². The first kappa shape index (κ1) is 17.0. The molecule has 26 heavy (non-hydrogen) atoms. The molecule has 1 N–H and O–H groups in total. The van der Waals surface area contributed by atoms with Gasteiger partial charge in [-0.25, -0.2) is 9.97 Å². The van der Waals surface area contributed by atoms with Gasteiger partial charge in [0.15, 0.2) is 5.82 Å². The fourth-order valence-corrected chi connectivity index (χ4v) is 3.18. The fourth-order valence-electron chi connectivity index (χ4n) is 2.75. The van der Waals surface area contributed by atoms with Gasteiger partial charge in [-0.2, -0.15) is 0 Å². The molecule has 0 unspecified atom stereocenters. The van der Waals surface area contributed by atoms with Crippen molar-refractivity contribution in [3.8, 4) is 11.4 Å². The zero-order valence-corrected chi connectivity index (χ0v) is 16.1. The van der Waals surface area contributed by atoms with Crippen molar-refractivity contribution in [3.05, 3.63) is 87.9 Å². The molecule has 0 fully saturated rings. The Morgan fingerprint density at radius 3 is 2.42 bits per heavy atom. The molecule has 0 spiro atoms. The zero-order valence-electron chi connectivity index (χ0n) is 13.8. The molecule has 0 saturated heterocycles. The first-order valence-electron chi connectivity index (χ1n) is 8.20. The number of nitrogens with one attached hydrogen (secondary N) is 1. The minimum absolute atomic E-state index is 0.667. The molecule has 4 rings (SSSR count). The molecular weight excluding hydrogens is 410 g/mol. The molecular formula is C21H15BrClN3. The fraction of sp³-hybridized carbons (Fsp3) is 0.0476. The summed E-state index contributed by atoms with van der Waals surface area (Å²) < 4.78 is 1.02. The van der Waals surface area contributed by atoms with Crippen LogP contribution in [0.15, 0.2) is 77.3 Å². The lowest BCUT2D eigenvalue weighted by Gasteiger charge is -2.11. The largest absolute Gasteiger partial charge is 0.365 e. The lowest BCUT2D eigenvalue weighted by Crippen LogP contribution is -2.04. The van der Waals surface area contributed by atoms with Crippen molar-refractivity contribution in [2.45, 2.75) is 6.54 Å². The van der Waals surface area contributed by atoms with Crippen molar-refractivity contribution in [3.63, 3.8) is 0 Å². The van der Waals surface area contributed by atoms with Crippen LogP contribution in [0.2, 0.25) is 5.02 Å². The normalized spacial score (nSPS) is 10.8. The third-order valence-corrected chi connectivity index (χ3v) is 4.83. The maximum atomic E-state index is 6.19. The van der Waals surface area contributed by atoms with E-state index in [1.54, 1.807) is 0 Å². The highest BCUT2D eigenvalue weighted by Crippen LogP contribution is 2.28. The Balaban J connectivity index is 1.77. The van der Waals surface area contributed by atoms with Gasteiger partial charge in [-0.15, -0.1) is 0 Å². The van der Waals surface area contributed by atoms with Gasteiger partial charge in [0, 0.05) is 27.0 Å². The van der Waals surface area contributed by atoms with Crippen LogP contribution in [0.4, 0.5) is 5.82 Å². The molecule has 0 atom stereocenters. The Kier molecular flexibility index (Phi) is 4.87. The van der Waals surface area contributed by atoms with Gasteiger partial charge in [0.05, 0.1) is 5.52 Å². The zero-order chi connectivity index (χ0) is 17.9. The molecule has 5 heteroatoms. The summed E-state index contributed by atoms with van der Waals surface area (Å²) in [5, 5.41) is 5.01. The van der Waals surface area contributed by atoms with Crippen LogP contribution in [-0.4, -0.2) is 9.97 Å². The summed E-state index contributed by atoms with van der Waals surface area (Å²) in [6.07, 6.45) is 0. The molecule has 128 valence electrons. The Labute approximate surface area is 165 Å². The Bertz CT molecular complexity index is 1050. The van der Waals surface area contributed by atoms with Gasteiger partial charge in [0.1, 0.15) is 5.82 Å². The average Bonchev–Trinajstić information content (AvgIpc) is 2.67. The molecule has 0 radical (unpaired) electrons. The number of rotatable bonds is 4. The number of fused-ring (bicyclic) bond motifs is 1. The van der Waals surface area contributed by atoms with Gasteiger partial charge in [0.2, 0.25) is 0 Å². The highest BCUT2D eigenvalue weighted by molar-refractivity contribution is 9.10. The van der Waals surface area contributed by atoms with E-state index in [2.05, 4.69) is 33.4 Å². The summed E-state index contributed by atoms with van der Waals surface area (Å²) in [4.78, 5) is 9.47. The second kappa shape index (κ2) is 7.44. The predicted octanol–water partition coefficient (Wildman–Crippen LogP) is 6.32. The van der Waals surface area contributed by atoms with E-state index in [-0.39, 0.29) is 0 Å². The first-order chi connectivity index (χ1) is 12.7. The second-order valence-electron chi connectivity index (χ2n) is 5.90. The summed E-state index contributed by atoms with van der Waals surface area (Å²) in [5.74, 6) is 1.46.